The van der Waals surface area contributed by atoms with E-state index in [-0.39, 0.29) is 16.8 Å². The van der Waals surface area contributed by atoms with E-state index in [0.717, 1.165) is 0 Å². The van der Waals surface area contributed by atoms with Crippen LogP contribution in [0.5, 0.6) is 0 Å². The molecule has 0 bridgehead atoms. The number of aromatic nitrogens is 9. The summed E-state index contributed by atoms with van der Waals surface area (Å²) in [5.74, 6) is 0.431. The van der Waals surface area contributed by atoms with Gasteiger partial charge in [-0.05, 0) is 30.3 Å². The third-order valence-corrected chi connectivity index (χ3v) is 4.18. The van der Waals surface area contributed by atoms with Crippen LogP contribution in [-0.4, -0.2) is 43.3 Å². The van der Waals surface area contributed by atoms with Gasteiger partial charge in [-0.1, -0.05) is 12.1 Å². The number of nitrogens with zero attached hydrogens (tertiary/aromatic N) is 9. The van der Waals surface area contributed by atoms with E-state index >= 15 is 0 Å². The first-order valence-corrected chi connectivity index (χ1v) is 9.49. The first kappa shape index (κ1) is 21.1. The monoisotopic (exact) mass is 441 g/mol. The van der Waals surface area contributed by atoms with Gasteiger partial charge in [-0.2, -0.15) is 10.1 Å². The lowest BCUT2D eigenvalue weighted by molar-refractivity contribution is 0.934. The fourth-order valence-electron chi connectivity index (χ4n) is 2.68. The smallest absolute Gasteiger partial charge is 0.269 e. The molecule has 12 heteroatoms. The fourth-order valence-corrected chi connectivity index (χ4v) is 2.68. The molecule has 0 amide bonds. The van der Waals surface area contributed by atoms with Crippen molar-refractivity contribution >= 4 is 17.1 Å². The zero-order valence-electron chi connectivity index (χ0n) is 16.9. The van der Waals surface area contributed by atoms with Gasteiger partial charge in [0.05, 0.1) is 0 Å². The lowest BCUT2D eigenvalue weighted by Crippen LogP contribution is -2.16. The van der Waals surface area contributed by atoms with Gasteiger partial charge in [0.2, 0.25) is 5.78 Å². The SMILES string of the molecule is O=c1ccnc2ncccn12.O=c1cnnc2ccccn12.O=c1ncnc2ccccn12. The Morgan fingerprint density at radius 1 is 0.606 bits per heavy atom. The van der Waals surface area contributed by atoms with Crippen molar-refractivity contribution in [2.45, 2.75) is 0 Å². The first-order chi connectivity index (χ1) is 16.1. The molecular weight excluding hydrogens is 426 g/mol. The van der Waals surface area contributed by atoms with Gasteiger partial charge in [0.15, 0.2) is 5.65 Å². The largest absolute Gasteiger partial charge is 0.354 e. The molecular formula is C21H15N9O3. The molecule has 0 atom stereocenters. The molecule has 0 fully saturated rings. The van der Waals surface area contributed by atoms with Gasteiger partial charge in [0, 0.05) is 37.1 Å². The van der Waals surface area contributed by atoms with Crippen molar-refractivity contribution in [3.63, 3.8) is 0 Å². The maximum absolute atomic E-state index is 11.1. The molecule has 0 N–H and O–H groups in total. The summed E-state index contributed by atoms with van der Waals surface area (Å²) in [6, 6.07) is 13.7. The molecule has 0 aliphatic carbocycles. The van der Waals surface area contributed by atoms with E-state index in [1.165, 1.54) is 38.0 Å². The van der Waals surface area contributed by atoms with Crippen molar-refractivity contribution in [2.75, 3.05) is 0 Å². The summed E-state index contributed by atoms with van der Waals surface area (Å²) in [7, 11) is 0. The van der Waals surface area contributed by atoms with Crippen LogP contribution in [0.1, 0.15) is 0 Å². The standard InChI is InChI=1S/3C7H5N3O/c11-6-2-4-9-7-8-3-1-5-10(6)7;11-7-9-5-8-6-3-1-2-4-10(6)7;11-7-5-8-9-6-3-1-2-4-10(6)7/h3*1-5H. The van der Waals surface area contributed by atoms with Crippen LogP contribution in [0, 0.1) is 0 Å². The Kier molecular flexibility index (Phi) is 6.26. The molecule has 6 rings (SSSR count). The molecule has 0 aromatic carbocycles. The van der Waals surface area contributed by atoms with Crippen LogP contribution in [-0.2, 0) is 0 Å². The number of hydrogen-bond donors (Lipinski definition) is 0. The van der Waals surface area contributed by atoms with E-state index < -0.39 is 0 Å². The Hall–Kier alpha value is -5.13. The van der Waals surface area contributed by atoms with Gasteiger partial charge in [-0.3, -0.25) is 22.8 Å². The van der Waals surface area contributed by atoms with Gasteiger partial charge in [-0.25, -0.2) is 19.7 Å². The second-order valence-corrected chi connectivity index (χ2v) is 6.27. The van der Waals surface area contributed by atoms with E-state index in [2.05, 4.69) is 30.1 Å². The van der Waals surface area contributed by atoms with Crippen LogP contribution >= 0.6 is 0 Å². The minimum atomic E-state index is -0.296. The van der Waals surface area contributed by atoms with Gasteiger partial charge in [0.1, 0.15) is 18.2 Å². The Balaban J connectivity index is 0.000000118. The average molecular weight is 441 g/mol. The second-order valence-electron chi connectivity index (χ2n) is 6.27. The van der Waals surface area contributed by atoms with Crippen molar-refractivity contribution in [1.82, 2.24) is 43.3 Å². The summed E-state index contributed by atoms with van der Waals surface area (Å²) in [6.45, 7) is 0. The van der Waals surface area contributed by atoms with Gasteiger partial charge >= 0.3 is 5.69 Å². The number of hydrogen-bond acceptors (Lipinski definition) is 9. The first-order valence-electron chi connectivity index (χ1n) is 9.49. The van der Waals surface area contributed by atoms with Crippen LogP contribution in [0.3, 0.4) is 0 Å². The highest BCUT2D eigenvalue weighted by atomic mass is 16.1. The lowest BCUT2D eigenvalue weighted by Gasteiger charge is -1.93. The summed E-state index contributed by atoms with van der Waals surface area (Å²) in [5.41, 5.74) is 0.627. The molecule has 0 aliphatic rings. The summed E-state index contributed by atoms with van der Waals surface area (Å²) < 4.78 is 4.22. The van der Waals surface area contributed by atoms with Gasteiger partial charge in [0.25, 0.3) is 11.1 Å². The van der Waals surface area contributed by atoms with Crippen molar-refractivity contribution in [3.8, 4) is 0 Å². The van der Waals surface area contributed by atoms with Crippen LogP contribution in [0.4, 0.5) is 0 Å². The molecule has 6 heterocycles. The molecule has 0 saturated carbocycles. The Morgan fingerprint density at radius 3 is 2.09 bits per heavy atom. The minimum absolute atomic E-state index is 0.108. The third kappa shape index (κ3) is 4.96. The van der Waals surface area contributed by atoms with Crippen molar-refractivity contribution in [3.05, 3.63) is 123 Å². The molecule has 0 radical (unpaired) electrons. The maximum Gasteiger partial charge on any atom is 0.354 e. The summed E-state index contributed by atoms with van der Waals surface area (Å²) in [5, 5.41) is 7.28. The van der Waals surface area contributed by atoms with Gasteiger partial charge in [-0.15, -0.1) is 5.10 Å². The van der Waals surface area contributed by atoms with Crippen molar-refractivity contribution in [2.24, 2.45) is 0 Å². The maximum atomic E-state index is 11.1. The summed E-state index contributed by atoms with van der Waals surface area (Å²) in [4.78, 5) is 48.3. The zero-order chi connectivity index (χ0) is 23.0. The molecule has 0 aliphatic heterocycles. The Morgan fingerprint density at radius 2 is 1.33 bits per heavy atom. The fraction of sp³-hybridized carbons (Fsp3) is 0. The highest BCUT2D eigenvalue weighted by molar-refractivity contribution is 5.35. The Bertz CT molecular complexity index is 1490. The van der Waals surface area contributed by atoms with Crippen molar-refractivity contribution in [1.29, 1.82) is 0 Å². The highest BCUT2D eigenvalue weighted by Gasteiger charge is 1.94. The van der Waals surface area contributed by atoms with E-state index in [0.29, 0.717) is 17.1 Å². The number of pyridine rings is 2. The topological polar surface area (TPSA) is 142 Å². The molecule has 0 spiro atoms. The van der Waals surface area contributed by atoms with E-state index in [4.69, 9.17) is 0 Å². The van der Waals surface area contributed by atoms with Crippen LogP contribution < -0.4 is 16.8 Å². The van der Waals surface area contributed by atoms with Crippen LogP contribution in [0.2, 0.25) is 0 Å². The number of rotatable bonds is 0. The molecule has 12 nitrogen and oxygen atoms in total. The van der Waals surface area contributed by atoms with Crippen LogP contribution in [0.25, 0.3) is 17.1 Å². The molecule has 6 aromatic heterocycles. The highest BCUT2D eigenvalue weighted by Crippen LogP contribution is 1.92. The molecule has 0 unspecified atom stereocenters. The van der Waals surface area contributed by atoms with Crippen LogP contribution in [0.15, 0.2) is 106 Å². The average Bonchev–Trinajstić information content (AvgIpc) is 2.86. The molecule has 162 valence electrons. The molecule has 33 heavy (non-hydrogen) atoms. The van der Waals surface area contributed by atoms with E-state index in [1.807, 2.05) is 12.1 Å². The Labute approximate surface area is 184 Å². The van der Waals surface area contributed by atoms with E-state index in [1.54, 1.807) is 55.1 Å². The third-order valence-electron chi connectivity index (χ3n) is 4.18. The number of fused-ring (bicyclic) bond motifs is 3. The molecule has 6 aromatic rings. The normalized spacial score (nSPS) is 10.2. The summed E-state index contributed by atoms with van der Waals surface area (Å²) >= 11 is 0. The molecule has 0 saturated heterocycles. The zero-order valence-corrected chi connectivity index (χ0v) is 16.9. The second kappa shape index (κ2) is 9.78. The van der Waals surface area contributed by atoms with E-state index in [9.17, 15) is 14.4 Å². The quantitative estimate of drug-likeness (QED) is 0.324. The predicted molar refractivity (Wildman–Crippen MR) is 118 cm³/mol. The lowest BCUT2D eigenvalue weighted by atomic mass is 10.5. The summed E-state index contributed by atoms with van der Waals surface area (Å²) in [6.07, 6.45) is 10.4. The van der Waals surface area contributed by atoms with Crippen molar-refractivity contribution < 1.29 is 0 Å². The predicted octanol–water partition coefficient (Wildman–Crippen LogP) is 0.268. The minimum Gasteiger partial charge on any atom is -0.269 e. The van der Waals surface area contributed by atoms with Gasteiger partial charge < -0.3 is 0 Å².